The average Bonchev–Trinajstić information content (AvgIpc) is 2.76. The molecule has 0 aliphatic heterocycles. The van der Waals surface area contributed by atoms with Crippen LogP contribution in [0.2, 0.25) is 0 Å². The van der Waals surface area contributed by atoms with Crippen LogP contribution in [0.25, 0.3) is 0 Å². The average molecular weight is 245 g/mol. The molecule has 2 heteroatoms. The van der Waals surface area contributed by atoms with Crippen LogP contribution in [0.1, 0.15) is 36.8 Å². The highest BCUT2D eigenvalue weighted by Crippen LogP contribution is 2.48. The fourth-order valence-electron chi connectivity index (χ4n) is 3.82. The minimum atomic E-state index is 0.542. The third kappa shape index (κ3) is 2.03. The predicted octanol–water partition coefficient (Wildman–Crippen LogP) is 2.93. The van der Waals surface area contributed by atoms with Gasteiger partial charge < -0.3 is 10.5 Å². The second kappa shape index (κ2) is 4.58. The standard InChI is InChI=1S/C16H23NO/c1-18-15-3-2-13-9-16(10-14(13)8-15)6-4-12(11-17)5-7-16/h2-3,8,12H,4-7,9-11,17H2,1H3. The molecule has 2 aliphatic rings. The van der Waals surface area contributed by atoms with Crippen molar-refractivity contribution in [2.24, 2.45) is 17.1 Å². The number of methoxy groups -OCH3 is 1. The molecule has 2 aliphatic carbocycles. The summed E-state index contributed by atoms with van der Waals surface area (Å²) < 4.78 is 5.33. The van der Waals surface area contributed by atoms with E-state index in [4.69, 9.17) is 10.5 Å². The van der Waals surface area contributed by atoms with Gasteiger partial charge in [-0.15, -0.1) is 0 Å². The van der Waals surface area contributed by atoms with E-state index < -0.39 is 0 Å². The van der Waals surface area contributed by atoms with Crippen LogP contribution < -0.4 is 10.5 Å². The van der Waals surface area contributed by atoms with Gasteiger partial charge in [-0.3, -0.25) is 0 Å². The molecule has 0 atom stereocenters. The molecule has 18 heavy (non-hydrogen) atoms. The SMILES string of the molecule is COc1ccc2c(c1)CC1(CCC(CN)CC1)C2. The Morgan fingerprint density at radius 2 is 1.94 bits per heavy atom. The van der Waals surface area contributed by atoms with Crippen LogP contribution in [0.15, 0.2) is 18.2 Å². The van der Waals surface area contributed by atoms with Gasteiger partial charge in [0.2, 0.25) is 0 Å². The second-order valence-corrected chi connectivity index (χ2v) is 6.17. The molecule has 2 N–H and O–H groups in total. The molecule has 1 fully saturated rings. The van der Waals surface area contributed by atoms with Gasteiger partial charge in [-0.1, -0.05) is 6.07 Å². The summed E-state index contributed by atoms with van der Waals surface area (Å²) in [5.74, 6) is 1.77. The van der Waals surface area contributed by atoms with Crippen LogP contribution in [0, 0.1) is 11.3 Å². The van der Waals surface area contributed by atoms with E-state index in [1.807, 2.05) is 0 Å². The van der Waals surface area contributed by atoms with E-state index in [1.165, 1.54) is 44.1 Å². The van der Waals surface area contributed by atoms with Gasteiger partial charge in [0.1, 0.15) is 5.75 Å². The highest BCUT2D eigenvalue weighted by molar-refractivity contribution is 5.40. The molecule has 1 saturated carbocycles. The minimum Gasteiger partial charge on any atom is -0.497 e. The fourth-order valence-corrected chi connectivity index (χ4v) is 3.82. The highest BCUT2D eigenvalue weighted by atomic mass is 16.5. The van der Waals surface area contributed by atoms with Crippen LogP contribution in [-0.2, 0) is 12.8 Å². The maximum atomic E-state index is 5.80. The normalized spacial score (nSPS) is 30.4. The molecule has 98 valence electrons. The maximum Gasteiger partial charge on any atom is 0.119 e. The van der Waals surface area contributed by atoms with Crippen molar-refractivity contribution in [1.82, 2.24) is 0 Å². The molecule has 0 heterocycles. The van der Waals surface area contributed by atoms with Crippen LogP contribution in [-0.4, -0.2) is 13.7 Å². The Bertz CT molecular complexity index is 433. The Kier molecular flexibility index (Phi) is 3.06. The lowest BCUT2D eigenvalue weighted by atomic mass is 9.69. The highest BCUT2D eigenvalue weighted by Gasteiger charge is 2.39. The third-order valence-electron chi connectivity index (χ3n) is 5.04. The quantitative estimate of drug-likeness (QED) is 0.869. The van der Waals surface area contributed by atoms with Gasteiger partial charge in [0.25, 0.3) is 0 Å². The summed E-state index contributed by atoms with van der Waals surface area (Å²) in [4.78, 5) is 0. The van der Waals surface area contributed by atoms with E-state index in [-0.39, 0.29) is 0 Å². The molecule has 0 aromatic heterocycles. The minimum absolute atomic E-state index is 0.542. The van der Waals surface area contributed by atoms with E-state index in [9.17, 15) is 0 Å². The monoisotopic (exact) mass is 245 g/mol. The van der Waals surface area contributed by atoms with Crippen molar-refractivity contribution in [1.29, 1.82) is 0 Å². The number of fused-ring (bicyclic) bond motifs is 1. The van der Waals surface area contributed by atoms with Crippen molar-refractivity contribution in [3.8, 4) is 5.75 Å². The Morgan fingerprint density at radius 1 is 1.22 bits per heavy atom. The first-order valence-corrected chi connectivity index (χ1v) is 7.10. The topological polar surface area (TPSA) is 35.2 Å². The number of ether oxygens (including phenoxy) is 1. The second-order valence-electron chi connectivity index (χ2n) is 6.17. The molecule has 0 amide bonds. The molecular weight excluding hydrogens is 222 g/mol. The smallest absolute Gasteiger partial charge is 0.119 e. The zero-order chi connectivity index (χ0) is 12.6. The van der Waals surface area contributed by atoms with Crippen molar-refractivity contribution in [3.05, 3.63) is 29.3 Å². The summed E-state index contributed by atoms with van der Waals surface area (Å²) in [5, 5.41) is 0. The Balaban J connectivity index is 1.76. The Morgan fingerprint density at radius 3 is 2.61 bits per heavy atom. The van der Waals surface area contributed by atoms with Crippen LogP contribution >= 0.6 is 0 Å². The van der Waals surface area contributed by atoms with Crippen LogP contribution in [0.5, 0.6) is 5.75 Å². The molecule has 0 unspecified atom stereocenters. The van der Waals surface area contributed by atoms with Gasteiger partial charge in [-0.05, 0) is 79.7 Å². The largest absolute Gasteiger partial charge is 0.497 e. The third-order valence-corrected chi connectivity index (χ3v) is 5.04. The van der Waals surface area contributed by atoms with Crippen molar-refractivity contribution in [2.75, 3.05) is 13.7 Å². The maximum absolute atomic E-state index is 5.80. The summed E-state index contributed by atoms with van der Waals surface area (Å²) in [7, 11) is 1.75. The molecule has 0 saturated heterocycles. The lowest BCUT2D eigenvalue weighted by molar-refractivity contribution is 0.162. The zero-order valence-corrected chi connectivity index (χ0v) is 11.2. The molecule has 0 bridgehead atoms. The van der Waals surface area contributed by atoms with E-state index >= 15 is 0 Å². The molecule has 1 aromatic rings. The van der Waals surface area contributed by atoms with Crippen LogP contribution in [0.4, 0.5) is 0 Å². The van der Waals surface area contributed by atoms with Crippen molar-refractivity contribution >= 4 is 0 Å². The van der Waals surface area contributed by atoms with E-state index in [0.717, 1.165) is 18.2 Å². The number of hydrogen-bond acceptors (Lipinski definition) is 2. The van der Waals surface area contributed by atoms with Crippen molar-refractivity contribution in [3.63, 3.8) is 0 Å². The molecule has 1 aromatic carbocycles. The van der Waals surface area contributed by atoms with Gasteiger partial charge in [0, 0.05) is 0 Å². The van der Waals surface area contributed by atoms with Crippen molar-refractivity contribution in [2.45, 2.75) is 38.5 Å². The van der Waals surface area contributed by atoms with Crippen molar-refractivity contribution < 1.29 is 4.74 Å². The molecule has 1 spiro atoms. The van der Waals surface area contributed by atoms with Gasteiger partial charge in [-0.25, -0.2) is 0 Å². The molecule has 3 rings (SSSR count). The summed E-state index contributed by atoms with van der Waals surface area (Å²) in [6, 6.07) is 6.60. The Hall–Kier alpha value is -1.02. The number of nitrogens with two attached hydrogens (primary N) is 1. The summed E-state index contributed by atoms with van der Waals surface area (Å²) >= 11 is 0. The Labute approximate surface area is 110 Å². The summed E-state index contributed by atoms with van der Waals surface area (Å²) in [5.41, 5.74) is 9.40. The lowest BCUT2D eigenvalue weighted by Crippen LogP contribution is -2.30. The zero-order valence-electron chi connectivity index (χ0n) is 11.2. The first-order valence-electron chi connectivity index (χ1n) is 7.10. The lowest BCUT2D eigenvalue weighted by Gasteiger charge is -2.37. The summed E-state index contributed by atoms with van der Waals surface area (Å²) in [6.45, 7) is 0.872. The van der Waals surface area contributed by atoms with E-state index in [0.29, 0.717) is 5.41 Å². The van der Waals surface area contributed by atoms with Crippen LogP contribution in [0.3, 0.4) is 0 Å². The first kappa shape index (κ1) is 12.0. The van der Waals surface area contributed by atoms with Gasteiger partial charge >= 0.3 is 0 Å². The summed E-state index contributed by atoms with van der Waals surface area (Å²) in [6.07, 6.45) is 7.86. The van der Waals surface area contributed by atoms with E-state index in [2.05, 4.69) is 18.2 Å². The molecule has 2 nitrogen and oxygen atoms in total. The van der Waals surface area contributed by atoms with Gasteiger partial charge in [-0.2, -0.15) is 0 Å². The number of rotatable bonds is 2. The first-order chi connectivity index (χ1) is 8.74. The number of hydrogen-bond donors (Lipinski definition) is 1. The van der Waals surface area contributed by atoms with Gasteiger partial charge in [0.05, 0.1) is 7.11 Å². The number of benzene rings is 1. The molecule has 0 radical (unpaired) electrons. The van der Waals surface area contributed by atoms with E-state index in [1.54, 1.807) is 12.7 Å². The van der Waals surface area contributed by atoms with Gasteiger partial charge in [0.15, 0.2) is 0 Å². The molecular formula is C16H23NO. The fraction of sp³-hybridized carbons (Fsp3) is 0.625. The predicted molar refractivity (Wildman–Crippen MR) is 73.8 cm³/mol.